The number of carbonyl (C=O) groups is 2. The van der Waals surface area contributed by atoms with E-state index in [4.69, 9.17) is 9.47 Å². The van der Waals surface area contributed by atoms with Gasteiger partial charge in [-0.1, -0.05) is 46.3 Å². The van der Waals surface area contributed by atoms with Gasteiger partial charge >= 0.3 is 11.9 Å². The fourth-order valence-electron chi connectivity index (χ4n) is 4.20. The highest BCUT2D eigenvalue weighted by Gasteiger charge is 2.52. The molecule has 0 bridgehead atoms. The topological polar surface area (TPSA) is 84.9 Å². The van der Waals surface area contributed by atoms with Crippen LogP contribution in [0.3, 0.4) is 0 Å². The largest absolute Gasteiger partial charge is 0.466 e. The molecule has 0 spiro atoms. The Labute approximate surface area is 196 Å². The fourth-order valence-corrected chi connectivity index (χ4v) is 4.46. The van der Waals surface area contributed by atoms with E-state index in [2.05, 4.69) is 21.2 Å². The molecule has 2 aromatic carbocycles. The Hall–Kier alpha value is -2.64. The number of aliphatic hydroxyl groups is 1. The third-order valence-electron chi connectivity index (χ3n) is 5.51. The van der Waals surface area contributed by atoms with Crippen LogP contribution in [-0.4, -0.2) is 35.9 Å². The number of hydrogen-bond donors (Lipinski definition) is 2. The maximum Gasteiger partial charge on any atom is 0.336 e. The molecule has 3 rings (SSSR count). The highest BCUT2D eigenvalue weighted by Crippen LogP contribution is 2.48. The number of benzene rings is 2. The molecule has 32 heavy (non-hydrogen) atoms. The Balaban J connectivity index is 2.21. The van der Waals surface area contributed by atoms with E-state index in [1.54, 1.807) is 20.8 Å². The molecule has 0 aromatic heterocycles. The minimum atomic E-state index is -1.46. The molecule has 0 saturated carbocycles. The number of hydrogen-bond acceptors (Lipinski definition) is 6. The van der Waals surface area contributed by atoms with Gasteiger partial charge in [0.1, 0.15) is 0 Å². The first-order chi connectivity index (χ1) is 15.3. The summed E-state index contributed by atoms with van der Waals surface area (Å²) in [6.45, 7) is 5.43. The van der Waals surface area contributed by atoms with Crippen LogP contribution in [0.2, 0.25) is 0 Å². The van der Waals surface area contributed by atoms with Crippen molar-refractivity contribution >= 4 is 33.6 Å². The molecule has 2 aromatic rings. The highest BCUT2D eigenvalue weighted by molar-refractivity contribution is 9.10. The van der Waals surface area contributed by atoms with Gasteiger partial charge in [-0.15, -0.1) is 0 Å². The zero-order valence-electron chi connectivity index (χ0n) is 18.4. The predicted octanol–water partition coefficient (Wildman–Crippen LogP) is 4.80. The minimum Gasteiger partial charge on any atom is -0.466 e. The molecule has 7 heteroatoms. The molecule has 0 fully saturated rings. The van der Waals surface area contributed by atoms with Crippen molar-refractivity contribution in [2.75, 3.05) is 18.5 Å². The van der Waals surface area contributed by atoms with E-state index in [0.29, 0.717) is 11.3 Å². The number of anilines is 1. The second kappa shape index (κ2) is 10.3. The summed E-state index contributed by atoms with van der Waals surface area (Å²) in [7, 11) is 0. The highest BCUT2D eigenvalue weighted by atomic mass is 79.9. The van der Waals surface area contributed by atoms with Crippen LogP contribution in [0.4, 0.5) is 5.69 Å². The van der Waals surface area contributed by atoms with Crippen molar-refractivity contribution in [3.8, 4) is 0 Å². The van der Waals surface area contributed by atoms with Gasteiger partial charge in [0.25, 0.3) is 0 Å². The Morgan fingerprint density at radius 2 is 1.69 bits per heavy atom. The molecule has 1 aliphatic carbocycles. The number of rotatable bonds is 7. The van der Waals surface area contributed by atoms with Crippen molar-refractivity contribution < 1.29 is 24.2 Å². The maximum absolute atomic E-state index is 13.2. The molecule has 170 valence electrons. The van der Waals surface area contributed by atoms with E-state index < -0.39 is 29.4 Å². The standard InChI is InChI=1S/C25H28BrNO5/c1-4-31-23(28)21-19(27-18-13-11-17(26)12-14-18)15-25(3,30)22(24(29)32-5-2)20(21)16-9-7-6-8-10-16/h6-14,20,22,27,30H,4-5,15H2,1-3H3/t20-,22-,25+/m0/s1. The zero-order valence-corrected chi connectivity index (χ0v) is 20.0. The molecule has 1 aliphatic rings. The van der Waals surface area contributed by atoms with Crippen molar-refractivity contribution in [2.24, 2.45) is 5.92 Å². The first-order valence-corrected chi connectivity index (χ1v) is 11.4. The number of carbonyl (C=O) groups excluding carboxylic acids is 2. The normalized spacial score (nSPS) is 22.9. The molecule has 0 heterocycles. The van der Waals surface area contributed by atoms with Gasteiger partial charge in [-0.3, -0.25) is 4.79 Å². The number of nitrogens with one attached hydrogen (secondary N) is 1. The van der Waals surface area contributed by atoms with E-state index in [1.807, 2.05) is 54.6 Å². The molecule has 0 aliphatic heterocycles. The quantitative estimate of drug-likeness (QED) is 0.530. The van der Waals surface area contributed by atoms with Crippen molar-refractivity contribution in [1.29, 1.82) is 0 Å². The summed E-state index contributed by atoms with van der Waals surface area (Å²) >= 11 is 3.42. The third-order valence-corrected chi connectivity index (χ3v) is 6.04. The van der Waals surface area contributed by atoms with Crippen LogP contribution in [0.1, 0.15) is 38.7 Å². The molecule has 0 amide bonds. The van der Waals surface area contributed by atoms with Crippen LogP contribution < -0.4 is 5.32 Å². The Bertz CT molecular complexity index is 985. The lowest BCUT2D eigenvalue weighted by atomic mass is 9.66. The summed E-state index contributed by atoms with van der Waals surface area (Å²) in [5.41, 5.74) is 0.863. The third kappa shape index (κ3) is 5.22. The van der Waals surface area contributed by atoms with Crippen LogP contribution >= 0.6 is 15.9 Å². The number of halogens is 1. The van der Waals surface area contributed by atoms with E-state index in [-0.39, 0.29) is 19.6 Å². The summed E-state index contributed by atoms with van der Waals surface area (Å²) in [4.78, 5) is 26.3. The van der Waals surface area contributed by atoms with E-state index in [9.17, 15) is 14.7 Å². The summed E-state index contributed by atoms with van der Waals surface area (Å²) in [6.07, 6.45) is 0.0595. The first kappa shape index (κ1) is 24.0. The lowest BCUT2D eigenvalue weighted by Gasteiger charge is -2.43. The van der Waals surface area contributed by atoms with Crippen molar-refractivity contribution in [3.05, 3.63) is 75.9 Å². The van der Waals surface area contributed by atoms with Gasteiger partial charge in [-0.05, 0) is 50.6 Å². The van der Waals surface area contributed by atoms with E-state index in [1.165, 1.54) is 0 Å². The minimum absolute atomic E-state index is 0.0595. The number of ether oxygens (including phenoxy) is 2. The fraction of sp³-hybridized carbons (Fsp3) is 0.360. The Morgan fingerprint density at radius 1 is 1.06 bits per heavy atom. The zero-order chi connectivity index (χ0) is 23.3. The van der Waals surface area contributed by atoms with Crippen molar-refractivity contribution in [1.82, 2.24) is 0 Å². The van der Waals surface area contributed by atoms with Gasteiger partial charge < -0.3 is 19.9 Å². The summed E-state index contributed by atoms with van der Waals surface area (Å²) < 4.78 is 11.6. The lowest BCUT2D eigenvalue weighted by Crippen LogP contribution is -2.49. The molecule has 0 radical (unpaired) electrons. The second-order valence-corrected chi connectivity index (χ2v) is 8.81. The van der Waals surface area contributed by atoms with Crippen molar-refractivity contribution in [3.63, 3.8) is 0 Å². The first-order valence-electron chi connectivity index (χ1n) is 10.6. The molecular weight excluding hydrogens is 474 g/mol. The SMILES string of the molecule is CCOC(=O)C1=C(Nc2ccc(Br)cc2)C[C@@](C)(O)[C@H](C(=O)OCC)[C@H]1c1ccccc1. The molecule has 0 saturated heterocycles. The van der Waals surface area contributed by atoms with Crippen LogP contribution in [-0.2, 0) is 19.1 Å². The molecule has 0 unspecified atom stereocenters. The van der Waals surface area contributed by atoms with Gasteiger partial charge in [0.15, 0.2) is 0 Å². The van der Waals surface area contributed by atoms with Gasteiger partial charge in [-0.25, -0.2) is 4.79 Å². The maximum atomic E-state index is 13.2. The monoisotopic (exact) mass is 501 g/mol. The predicted molar refractivity (Wildman–Crippen MR) is 126 cm³/mol. The molecule has 2 N–H and O–H groups in total. The Morgan fingerprint density at radius 3 is 2.28 bits per heavy atom. The molecular formula is C25H28BrNO5. The average Bonchev–Trinajstić information content (AvgIpc) is 2.75. The average molecular weight is 502 g/mol. The van der Waals surface area contributed by atoms with Gasteiger partial charge in [-0.2, -0.15) is 0 Å². The second-order valence-electron chi connectivity index (χ2n) is 7.90. The van der Waals surface area contributed by atoms with Crippen LogP contribution in [0, 0.1) is 5.92 Å². The summed E-state index contributed by atoms with van der Waals surface area (Å²) in [5, 5.41) is 14.7. The van der Waals surface area contributed by atoms with E-state index >= 15 is 0 Å². The Kier molecular flexibility index (Phi) is 7.74. The smallest absolute Gasteiger partial charge is 0.336 e. The molecule has 3 atom stereocenters. The number of esters is 2. The van der Waals surface area contributed by atoms with Crippen LogP contribution in [0.5, 0.6) is 0 Å². The lowest BCUT2D eigenvalue weighted by molar-refractivity contribution is -0.159. The van der Waals surface area contributed by atoms with E-state index in [0.717, 1.165) is 15.7 Å². The van der Waals surface area contributed by atoms with Crippen LogP contribution in [0.25, 0.3) is 0 Å². The molecule has 6 nitrogen and oxygen atoms in total. The summed E-state index contributed by atoms with van der Waals surface area (Å²) in [6, 6.07) is 16.7. The van der Waals surface area contributed by atoms with Gasteiger partial charge in [0, 0.05) is 28.2 Å². The van der Waals surface area contributed by atoms with Crippen LogP contribution in [0.15, 0.2) is 70.3 Å². The van der Waals surface area contributed by atoms with Crippen molar-refractivity contribution in [2.45, 2.75) is 38.7 Å². The van der Waals surface area contributed by atoms with Gasteiger partial charge in [0.05, 0.1) is 30.3 Å². The summed E-state index contributed by atoms with van der Waals surface area (Å²) in [5.74, 6) is -2.78. The van der Waals surface area contributed by atoms with Gasteiger partial charge in [0.2, 0.25) is 0 Å².